The Kier molecular flexibility index (Phi) is 5.76. The molecule has 0 bridgehead atoms. The van der Waals surface area contributed by atoms with Gasteiger partial charge < -0.3 is 14.4 Å². The van der Waals surface area contributed by atoms with Crippen molar-refractivity contribution in [1.82, 2.24) is 9.55 Å². The molecule has 0 N–H and O–H groups in total. The maximum absolute atomic E-state index is 14.7. The Morgan fingerprint density at radius 2 is 1.73 bits per heavy atom. The Labute approximate surface area is 193 Å². The molecule has 7 heteroatoms. The van der Waals surface area contributed by atoms with Gasteiger partial charge in [0.1, 0.15) is 23.7 Å². The van der Waals surface area contributed by atoms with E-state index >= 15 is 0 Å². The average molecular weight is 446 g/mol. The largest absolute Gasteiger partial charge is 0.368 e. The number of carbonyl (C=O) groups is 1. The number of hydrogen-bond acceptors (Lipinski definition) is 5. The van der Waals surface area contributed by atoms with Crippen LogP contribution in [-0.4, -0.2) is 47.7 Å². The second-order valence-corrected chi connectivity index (χ2v) is 9.05. The van der Waals surface area contributed by atoms with Crippen LogP contribution >= 0.6 is 0 Å². The van der Waals surface area contributed by atoms with Gasteiger partial charge in [0.05, 0.1) is 11.6 Å². The number of halogens is 1. The van der Waals surface area contributed by atoms with E-state index in [1.807, 2.05) is 41.0 Å². The van der Waals surface area contributed by atoms with Gasteiger partial charge >= 0.3 is 0 Å². The molecule has 0 unspecified atom stereocenters. The quantitative estimate of drug-likeness (QED) is 0.535. The summed E-state index contributed by atoms with van der Waals surface area (Å²) in [4.78, 5) is 21.0. The summed E-state index contributed by atoms with van der Waals surface area (Å²) in [5, 5.41) is 10.4. The maximum atomic E-state index is 14.7. The zero-order valence-corrected chi connectivity index (χ0v) is 18.9. The molecule has 0 amide bonds. The van der Waals surface area contributed by atoms with Crippen LogP contribution in [0.2, 0.25) is 0 Å². The van der Waals surface area contributed by atoms with E-state index in [0.717, 1.165) is 67.9 Å². The first-order valence-electron chi connectivity index (χ1n) is 11.7. The van der Waals surface area contributed by atoms with Crippen molar-refractivity contribution < 1.29 is 9.18 Å². The van der Waals surface area contributed by atoms with Crippen molar-refractivity contribution in [2.24, 2.45) is 0 Å². The molecule has 2 aromatic heterocycles. The van der Waals surface area contributed by atoms with Crippen molar-refractivity contribution in [2.75, 3.05) is 36.0 Å². The molecule has 2 atom stereocenters. The molecule has 1 saturated carbocycles. The fourth-order valence-electron chi connectivity index (χ4n) is 5.11. The number of pyridine rings is 1. The number of ketones is 1. The second-order valence-electron chi connectivity index (χ2n) is 9.05. The van der Waals surface area contributed by atoms with E-state index < -0.39 is 6.17 Å². The number of fused-ring (bicyclic) bond motifs is 1. The molecule has 2 aliphatic rings. The van der Waals surface area contributed by atoms with Crippen LogP contribution in [0.25, 0.3) is 11.0 Å². The molecular weight excluding hydrogens is 417 g/mol. The molecule has 0 radical (unpaired) electrons. The summed E-state index contributed by atoms with van der Waals surface area (Å²) in [6.45, 7) is 4.90. The van der Waals surface area contributed by atoms with E-state index in [2.05, 4.69) is 15.9 Å². The van der Waals surface area contributed by atoms with Crippen LogP contribution in [0.15, 0.2) is 42.6 Å². The second kappa shape index (κ2) is 8.86. The Bertz CT molecular complexity index is 1200. The van der Waals surface area contributed by atoms with E-state index in [1.54, 1.807) is 13.1 Å². The summed E-state index contributed by atoms with van der Waals surface area (Å²) < 4.78 is 16.6. The van der Waals surface area contributed by atoms with Gasteiger partial charge in [-0.25, -0.2) is 9.37 Å². The molecule has 1 saturated heterocycles. The molecule has 1 aliphatic heterocycles. The van der Waals surface area contributed by atoms with Gasteiger partial charge in [0.2, 0.25) is 0 Å². The molecule has 33 heavy (non-hydrogen) atoms. The highest BCUT2D eigenvalue weighted by Crippen LogP contribution is 2.35. The number of piperazine rings is 1. The predicted molar refractivity (Wildman–Crippen MR) is 128 cm³/mol. The summed E-state index contributed by atoms with van der Waals surface area (Å²) in [7, 11) is 0. The number of hydrogen-bond donors (Lipinski definition) is 0. The van der Waals surface area contributed by atoms with Gasteiger partial charge in [0.25, 0.3) is 0 Å². The van der Waals surface area contributed by atoms with Crippen LogP contribution in [0.3, 0.4) is 0 Å². The Balaban J connectivity index is 1.37. The molecule has 5 rings (SSSR count). The number of rotatable bonds is 4. The first-order chi connectivity index (χ1) is 16.0. The first-order valence-corrected chi connectivity index (χ1v) is 11.7. The van der Waals surface area contributed by atoms with Crippen molar-refractivity contribution in [1.29, 1.82) is 5.26 Å². The SMILES string of the molecule is CC(=O)c1ccc(N2CCN(c3ccc4c(C#N)cn([C@@H]5CCCC[C@H]5F)c4n3)CC2)cc1. The van der Waals surface area contributed by atoms with Crippen molar-refractivity contribution in [3.05, 3.63) is 53.7 Å². The Morgan fingerprint density at radius 3 is 2.39 bits per heavy atom. The lowest BCUT2D eigenvalue weighted by Gasteiger charge is -2.37. The number of nitriles is 1. The lowest BCUT2D eigenvalue weighted by Crippen LogP contribution is -2.46. The van der Waals surface area contributed by atoms with Gasteiger partial charge in [-0.3, -0.25) is 4.79 Å². The van der Waals surface area contributed by atoms with Crippen LogP contribution in [0, 0.1) is 11.3 Å². The molecule has 3 heterocycles. The van der Waals surface area contributed by atoms with Crippen LogP contribution in [-0.2, 0) is 0 Å². The van der Waals surface area contributed by atoms with Crippen LogP contribution < -0.4 is 9.80 Å². The molecule has 2 fully saturated rings. The summed E-state index contributed by atoms with van der Waals surface area (Å²) in [6, 6.07) is 13.7. The van der Waals surface area contributed by atoms with Crippen molar-refractivity contribution in [2.45, 2.75) is 44.8 Å². The summed E-state index contributed by atoms with van der Waals surface area (Å²) >= 11 is 0. The van der Waals surface area contributed by atoms with Crippen molar-refractivity contribution in [3.8, 4) is 6.07 Å². The minimum absolute atomic E-state index is 0.0736. The highest BCUT2D eigenvalue weighted by atomic mass is 19.1. The van der Waals surface area contributed by atoms with Gasteiger partial charge in [-0.1, -0.05) is 12.8 Å². The first kappa shape index (κ1) is 21.4. The number of carbonyl (C=O) groups excluding carboxylic acids is 1. The normalized spacial score (nSPS) is 21.2. The highest BCUT2D eigenvalue weighted by molar-refractivity contribution is 5.94. The number of anilines is 2. The summed E-state index contributed by atoms with van der Waals surface area (Å²) in [6.07, 6.45) is 4.16. The molecular formula is C26H28FN5O. The van der Waals surface area contributed by atoms with E-state index in [1.165, 1.54) is 0 Å². The van der Waals surface area contributed by atoms with Crippen molar-refractivity contribution >= 4 is 28.3 Å². The molecule has 1 aliphatic carbocycles. The van der Waals surface area contributed by atoms with E-state index in [0.29, 0.717) is 17.6 Å². The smallest absolute Gasteiger partial charge is 0.159 e. The number of aromatic nitrogens is 2. The number of nitrogens with zero attached hydrogens (tertiary/aromatic N) is 5. The third-order valence-corrected chi connectivity index (χ3v) is 7.03. The van der Waals surface area contributed by atoms with Crippen LogP contribution in [0.1, 0.15) is 54.6 Å². The van der Waals surface area contributed by atoms with Gasteiger partial charge in [-0.05, 0) is 56.2 Å². The zero-order chi connectivity index (χ0) is 22.9. The molecule has 1 aromatic carbocycles. The predicted octanol–water partition coefficient (Wildman–Crippen LogP) is 4.89. The maximum Gasteiger partial charge on any atom is 0.159 e. The average Bonchev–Trinajstić information content (AvgIpc) is 3.22. The molecule has 170 valence electrons. The standard InChI is InChI=1S/C26H28FN5O/c1-18(33)19-6-8-21(9-7-19)30-12-14-31(15-13-30)25-11-10-22-20(16-28)17-32(26(22)29-25)24-5-3-2-4-23(24)27/h6-11,17,23-24H,2-5,12-15H2,1H3/t23-,24-/m1/s1. The van der Waals surface area contributed by atoms with Gasteiger partial charge in [-0.2, -0.15) is 5.26 Å². The van der Waals surface area contributed by atoms with Gasteiger partial charge in [-0.15, -0.1) is 0 Å². The molecule has 3 aromatic rings. The number of alkyl halides is 1. The van der Waals surface area contributed by atoms with Crippen molar-refractivity contribution in [3.63, 3.8) is 0 Å². The van der Waals surface area contributed by atoms with Gasteiger partial charge in [0.15, 0.2) is 5.78 Å². The fourth-order valence-corrected chi connectivity index (χ4v) is 5.11. The minimum atomic E-state index is -0.899. The topological polar surface area (TPSA) is 65.2 Å². The van der Waals surface area contributed by atoms with Crippen LogP contribution in [0.4, 0.5) is 15.9 Å². The van der Waals surface area contributed by atoms with Crippen LogP contribution in [0.5, 0.6) is 0 Å². The lowest BCUT2D eigenvalue weighted by atomic mass is 9.93. The summed E-state index contributed by atoms with van der Waals surface area (Å²) in [5.41, 5.74) is 3.10. The monoisotopic (exact) mass is 445 g/mol. The van der Waals surface area contributed by atoms with E-state index in [-0.39, 0.29) is 11.8 Å². The Morgan fingerprint density at radius 1 is 1.03 bits per heavy atom. The third-order valence-electron chi connectivity index (χ3n) is 7.03. The zero-order valence-electron chi connectivity index (χ0n) is 18.9. The lowest BCUT2D eigenvalue weighted by molar-refractivity contribution is 0.101. The highest BCUT2D eigenvalue weighted by Gasteiger charge is 2.29. The number of benzene rings is 1. The summed E-state index contributed by atoms with van der Waals surface area (Å²) in [5.74, 6) is 0.939. The van der Waals surface area contributed by atoms with E-state index in [9.17, 15) is 14.4 Å². The molecule has 0 spiro atoms. The minimum Gasteiger partial charge on any atom is -0.368 e. The number of Topliss-reactive ketones (excluding diaryl/α,β-unsaturated/α-hetero) is 1. The Hall–Kier alpha value is -3.40. The van der Waals surface area contributed by atoms with E-state index in [4.69, 9.17) is 4.98 Å². The van der Waals surface area contributed by atoms with Gasteiger partial charge in [0, 0.05) is 49.0 Å². The molecule has 6 nitrogen and oxygen atoms in total. The fraction of sp³-hybridized carbons (Fsp3) is 0.423. The third kappa shape index (κ3) is 4.06.